The maximum absolute atomic E-state index is 12.8. The molecule has 0 unspecified atom stereocenters. The number of nitrogens with zero attached hydrogens (tertiary/aromatic N) is 3. The topological polar surface area (TPSA) is 106 Å². The van der Waals surface area contributed by atoms with Gasteiger partial charge in [0.25, 0.3) is 0 Å². The number of halogens is 1. The number of hydrogen-bond donors (Lipinski definition) is 4. The molecule has 4 N–H and O–H groups in total. The Labute approximate surface area is 210 Å². The van der Waals surface area contributed by atoms with E-state index >= 15 is 0 Å². The zero-order chi connectivity index (χ0) is 24.2. The number of carbonyl (C=O) groups is 1. The van der Waals surface area contributed by atoms with E-state index in [0.29, 0.717) is 17.7 Å². The molecule has 2 fully saturated rings. The standard InChI is InChI=1S/C26H33ClN6O2/c27-23-14-18(22-16-29-25-21(22)2-1-9-28-25)15-24(32-23)30-19-3-5-20(6-4-19)31-26(35)17-7-10-33(11-8-17)12-13-34/h1-2,9,14-17,19-20,34H,3-8,10-13H2,(H,28,29)(H,30,32)(H,31,35). The Bertz CT molecular complexity index is 1150. The summed E-state index contributed by atoms with van der Waals surface area (Å²) in [5.41, 5.74) is 2.90. The van der Waals surface area contributed by atoms with Crippen molar-refractivity contribution in [3.8, 4) is 11.1 Å². The molecule has 1 saturated carbocycles. The number of hydrogen-bond acceptors (Lipinski definition) is 6. The van der Waals surface area contributed by atoms with Gasteiger partial charge in [-0.3, -0.25) is 4.79 Å². The Morgan fingerprint density at radius 1 is 1.14 bits per heavy atom. The third kappa shape index (κ3) is 5.77. The number of anilines is 1. The number of likely N-dealkylation sites (tertiary alicyclic amines) is 1. The van der Waals surface area contributed by atoms with Crippen LogP contribution in [-0.2, 0) is 4.79 Å². The van der Waals surface area contributed by atoms with Gasteiger partial charge in [0.05, 0.1) is 6.61 Å². The van der Waals surface area contributed by atoms with Gasteiger partial charge in [0.15, 0.2) is 0 Å². The Balaban J connectivity index is 1.14. The van der Waals surface area contributed by atoms with Gasteiger partial charge in [-0.15, -0.1) is 0 Å². The molecule has 4 heterocycles. The molecule has 0 radical (unpaired) electrons. The second-order valence-electron chi connectivity index (χ2n) is 9.71. The summed E-state index contributed by atoms with van der Waals surface area (Å²) >= 11 is 6.38. The molecule has 9 heteroatoms. The Hall–Kier alpha value is -2.68. The van der Waals surface area contributed by atoms with E-state index in [9.17, 15) is 4.79 Å². The van der Waals surface area contributed by atoms with E-state index in [-0.39, 0.29) is 24.5 Å². The largest absolute Gasteiger partial charge is 0.395 e. The molecule has 8 nitrogen and oxygen atoms in total. The number of nitrogens with one attached hydrogen (secondary N) is 3. The van der Waals surface area contributed by atoms with Crippen LogP contribution in [0.1, 0.15) is 38.5 Å². The normalized spacial score (nSPS) is 21.8. The maximum Gasteiger partial charge on any atom is 0.223 e. The SMILES string of the molecule is O=C(NC1CCC(Nc2cc(-c3c[nH]c4ncccc34)cc(Cl)n2)CC1)C1CCN(CCO)CC1. The fourth-order valence-electron chi connectivity index (χ4n) is 5.39. The first-order chi connectivity index (χ1) is 17.1. The molecule has 1 aliphatic carbocycles. The van der Waals surface area contributed by atoms with E-state index in [4.69, 9.17) is 16.7 Å². The van der Waals surface area contributed by atoms with Crippen LogP contribution in [0.2, 0.25) is 5.15 Å². The summed E-state index contributed by atoms with van der Waals surface area (Å²) in [6.45, 7) is 2.66. The summed E-state index contributed by atoms with van der Waals surface area (Å²) < 4.78 is 0. The molecule has 5 rings (SSSR count). The average Bonchev–Trinajstić information content (AvgIpc) is 3.30. The lowest BCUT2D eigenvalue weighted by Crippen LogP contribution is -2.46. The highest BCUT2D eigenvalue weighted by Crippen LogP contribution is 2.31. The molecule has 3 aromatic rings. The number of pyridine rings is 2. The van der Waals surface area contributed by atoms with Crippen molar-refractivity contribution in [2.45, 2.75) is 50.6 Å². The van der Waals surface area contributed by atoms with Crippen molar-refractivity contribution in [1.29, 1.82) is 0 Å². The molecule has 2 aliphatic rings. The average molecular weight is 497 g/mol. The van der Waals surface area contributed by atoms with Crippen molar-refractivity contribution >= 4 is 34.4 Å². The minimum absolute atomic E-state index is 0.0922. The Morgan fingerprint density at radius 3 is 2.69 bits per heavy atom. The number of carbonyl (C=O) groups excluding carboxylic acids is 1. The number of aliphatic hydroxyl groups is 1. The van der Waals surface area contributed by atoms with E-state index < -0.39 is 0 Å². The number of aromatic amines is 1. The molecule has 3 aromatic heterocycles. The number of H-pyrrole nitrogens is 1. The zero-order valence-electron chi connectivity index (χ0n) is 19.8. The first kappa shape index (κ1) is 24.0. The zero-order valence-corrected chi connectivity index (χ0v) is 20.6. The molecular weight excluding hydrogens is 464 g/mol. The summed E-state index contributed by atoms with van der Waals surface area (Å²) in [7, 11) is 0. The first-order valence-corrected chi connectivity index (χ1v) is 13.0. The smallest absolute Gasteiger partial charge is 0.223 e. The number of piperidine rings is 1. The minimum atomic E-state index is 0.0922. The van der Waals surface area contributed by atoms with Crippen LogP contribution in [0.5, 0.6) is 0 Å². The second-order valence-corrected chi connectivity index (χ2v) is 10.1. The highest BCUT2D eigenvalue weighted by molar-refractivity contribution is 6.29. The summed E-state index contributed by atoms with van der Waals surface area (Å²) in [4.78, 5) is 27.1. The predicted molar refractivity (Wildman–Crippen MR) is 138 cm³/mol. The van der Waals surface area contributed by atoms with Crippen LogP contribution in [0.3, 0.4) is 0 Å². The van der Waals surface area contributed by atoms with Crippen molar-refractivity contribution in [3.63, 3.8) is 0 Å². The van der Waals surface area contributed by atoms with Crippen LogP contribution >= 0.6 is 11.6 Å². The highest BCUT2D eigenvalue weighted by atomic mass is 35.5. The van der Waals surface area contributed by atoms with Crippen LogP contribution in [0.4, 0.5) is 5.82 Å². The Morgan fingerprint density at radius 2 is 1.91 bits per heavy atom. The van der Waals surface area contributed by atoms with Gasteiger partial charge in [-0.2, -0.15) is 0 Å². The third-order valence-corrected chi connectivity index (χ3v) is 7.55. The number of aromatic nitrogens is 3. The van der Waals surface area contributed by atoms with Gasteiger partial charge in [-0.1, -0.05) is 11.6 Å². The van der Waals surface area contributed by atoms with Gasteiger partial charge in [0.2, 0.25) is 5.91 Å². The minimum Gasteiger partial charge on any atom is -0.395 e. The number of aliphatic hydroxyl groups excluding tert-OH is 1. The summed E-state index contributed by atoms with van der Waals surface area (Å²) in [5.74, 6) is 1.06. The molecule has 1 amide bonds. The van der Waals surface area contributed by atoms with Gasteiger partial charge in [0, 0.05) is 47.9 Å². The summed E-state index contributed by atoms with van der Waals surface area (Å²) in [6.07, 6.45) is 9.33. The highest BCUT2D eigenvalue weighted by Gasteiger charge is 2.28. The van der Waals surface area contributed by atoms with Crippen molar-refractivity contribution in [2.24, 2.45) is 5.92 Å². The molecular formula is C26H33ClN6O2. The quantitative estimate of drug-likeness (QED) is 0.370. The van der Waals surface area contributed by atoms with E-state index in [0.717, 1.165) is 79.6 Å². The predicted octanol–water partition coefficient (Wildman–Crippen LogP) is 3.82. The van der Waals surface area contributed by atoms with E-state index in [1.54, 1.807) is 6.20 Å². The van der Waals surface area contributed by atoms with Crippen LogP contribution in [0.15, 0.2) is 36.7 Å². The summed E-state index contributed by atoms with van der Waals surface area (Å²) in [5, 5.41) is 17.5. The van der Waals surface area contributed by atoms with Crippen molar-refractivity contribution in [2.75, 3.05) is 31.6 Å². The lowest BCUT2D eigenvalue weighted by Gasteiger charge is -2.33. The van der Waals surface area contributed by atoms with Crippen molar-refractivity contribution in [3.05, 3.63) is 41.8 Å². The van der Waals surface area contributed by atoms with Gasteiger partial charge in [-0.25, -0.2) is 9.97 Å². The molecule has 0 spiro atoms. The number of β-amino-alcohol motifs (C(OH)–C–C–N with tert-alkyl or cyclic N) is 1. The van der Waals surface area contributed by atoms with Gasteiger partial charge >= 0.3 is 0 Å². The lowest BCUT2D eigenvalue weighted by atomic mass is 9.89. The van der Waals surface area contributed by atoms with E-state index in [1.807, 2.05) is 30.5 Å². The van der Waals surface area contributed by atoms with Crippen molar-refractivity contribution < 1.29 is 9.90 Å². The van der Waals surface area contributed by atoms with Gasteiger partial charge < -0.3 is 25.6 Å². The van der Waals surface area contributed by atoms with E-state index in [1.165, 1.54) is 0 Å². The first-order valence-electron chi connectivity index (χ1n) is 12.6. The molecule has 1 saturated heterocycles. The van der Waals surface area contributed by atoms with Crippen molar-refractivity contribution in [1.82, 2.24) is 25.2 Å². The fourth-order valence-corrected chi connectivity index (χ4v) is 5.60. The van der Waals surface area contributed by atoms with Crippen LogP contribution in [0.25, 0.3) is 22.2 Å². The maximum atomic E-state index is 12.8. The van der Waals surface area contributed by atoms with Crippen LogP contribution in [0, 0.1) is 5.92 Å². The number of fused-ring (bicyclic) bond motifs is 1. The summed E-state index contributed by atoms with van der Waals surface area (Å²) in [6, 6.07) is 8.43. The Kier molecular flexibility index (Phi) is 7.51. The van der Waals surface area contributed by atoms with Crippen LogP contribution < -0.4 is 10.6 Å². The third-order valence-electron chi connectivity index (χ3n) is 7.36. The molecule has 0 atom stereocenters. The number of amides is 1. The molecule has 35 heavy (non-hydrogen) atoms. The monoisotopic (exact) mass is 496 g/mol. The molecule has 0 bridgehead atoms. The molecule has 0 aromatic carbocycles. The molecule has 1 aliphatic heterocycles. The van der Waals surface area contributed by atoms with Gasteiger partial charge in [-0.05, 0) is 81.4 Å². The van der Waals surface area contributed by atoms with E-state index in [2.05, 4.69) is 30.5 Å². The van der Waals surface area contributed by atoms with Gasteiger partial charge in [0.1, 0.15) is 16.6 Å². The van der Waals surface area contributed by atoms with Crippen LogP contribution in [-0.4, -0.2) is 69.2 Å². The molecule has 186 valence electrons. The number of rotatable bonds is 7. The second kappa shape index (κ2) is 10.9. The fraction of sp³-hybridized carbons (Fsp3) is 0.500. The lowest BCUT2D eigenvalue weighted by molar-refractivity contribution is -0.127.